The predicted octanol–water partition coefficient (Wildman–Crippen LogP) is 4.37. The Labute approximate surface area is 130 Å². The van der Waals surface area contributed by atoms with Crippen LogP contribution in [0.15, 0.2) is 42.5 Å². The standard InChI is InChI=1S/C18H21F2NO/c1-2-3-4-12-18(22)21(14-8-5-6-9-14)13-15-16(19)10-7-11-17(15)20/h2-4,7,10-12,14H,5-6,8-9,13H2,1H3/b3-2+,12-4+. The highest BCUT2D eigenvalue weighted by molar-refractivity contribution is 5.88. The second-order valence-electron chi connectivity index (χ2n) is 5.49. The van der Waals surface area contributed by atoms with Crippen LogP contribution in [0.5, 0.6) is 0 Å². The minimum absolute atomic E-state index is 0.0256. The van der Waals surface area contributed by atoms with Crippen molar-refractivity contribution in [2.24, 2.45) is 0 Å². The Kier molecular flexibility index (Phi) is 5.87. The van der Waals surface area contributed by atoms with Gasteiger partial charge in [0.2, 0.25) is 5.91 Å². The lowest BCUT2D eigenvalue weighted by atomic mass is 10.1. The molecule has 0 spiro atoms. The summed E-state index contributed by atoms with van der Waals surface area (Å²) in [5.74, 6) is -1.41. The first kappa shape index (κ1) is 16.4. The maximum Gasteiger partial charge on any atom is 0.247 e. The lowest BCUT2D eigenvalue weighted by molar-refractivity contribution is -0.128. The minimum Gasteiger partial charge on any atom is -0.332 e. The molecule has 2 rings (SSSR count). The highest BCUT2D eigenvalue weighted by Gasteiger charge is 2.27. The van der Waals surface area contributed by atoms with Gasteiger partial charge in [-0.15, -0.1) is 0 Å². The maximum atomic E-state index is 13.9. The summed E-state index contributed by atoms with van der Waals surface area (Å²) in [4.78, 5) is 14.0. The van der Waals surface area contributed by atoms with Gasteiger partial charge in [-0.1, -0.05) is 37.1 Å². The van der Waals surface area contributed by atoms with Crippen LogP contribution < -0.4 is 0 Å². The van der Waals surface area contributed by atoms with E-state index in [2.05, 4.69) is 0 Å². The third kappa shape index (κ3) is 4.03. The normalized spacial score (nSPS) is 16.0. The number of hydrogen-bond acceptors (Lipinski definition) is 1. The van der Waals surface area contributed by atoms with Crippen molar-refractivity contribution >= 4 is 5.91 Å². The molecule has 1 aliphatic carbocycles. The van der Waals surface area contributed by atoms with Crippen molar-refractivity contribution in [1.82, 2.24) is 4.90 Å². The first-order chi connectivity index (χ1) is 10.6. The number of allylic oxidation sites excluding steroid dienone is 3. The van der Waals surface area contributed by atoms with E-state index in [0.717, 1.165) is 25.7 Å². The molecule has 2 nitrogen and oxygen atoms in total. The molecule has 0 saturated heterocycles. The largest absolute Gasteiger partial charge is 0.332 e. The average molecular weight is 305 g/mol. The molecule has 1 aromatic rings. The Morgan fingerprint density at radius 1 is 1.23 bits per heavy atom. The van der Waals surface area contributed by atoms with Gasteiger partial charge >= 0.3 is 0 Å². The Morgan fingerprint density at radius 3 is 2.45 bits per heavy atom. The average Bonchev–Trinajstić information content (AvgIpc) is 3.01. The van der Waals surface area contributed by atoms with E-state index < -0.39 is 11.6 Å². The quantitative estimate of drug-likeness (QED) is 0.584. The van der Waals surface area contributed by atoms with Crippen LogP contribution in [-0.2, 0) is 11.3 Å². The number of hydrogen-bond donors (Lipinski definition) is 0. The van der Waals surface area contributed by atoms with Gasteiger partial charge in [0, 0.05) is 17.7 Å². The summed E-state index contributed by atoms with van der Waals surface area (Å²) in [5.41, 5.74) is -0.0396. The van der Waals surface area contributed by atoms with E-state index >= 15 is 0 Å². The van der Waals surface area contributed by atoms with Crippen LogP contribution in [0.2, 0.25) is 0 Å². The molecule has 118 valence electrons. The molecule has 0 heterocycles. The third-order valence-electron chi connectivity index (χ3n) is 3.98. The van der Waals surface area contributed by atoms with E-state index in [9.17, 15) is 13.6 Å². The van der Waals surface area contributed by atoms with Gasteiger partial charge < -0.3 is 4.90 Å². The number of benzene rings is 1. The summed E-state index contributed by atoms with van der Waals surface area (Å²) in [6.45, 7) is 1.83. The fourth-order valence-corrected chi connectivity index (χ4v) is 2.80. The second-order valence-corrected chi connectivity index (χ2v) is 5.49. The van der Waals surface area contributed by atoms with Crippen molar-refractivity contribution in [3.05, 3.63) is 59.7 Å². The molecule has 1 aromatic carbocycles. The molecular formula is C18H21F2NO. The fraction of sp³-hybridized carbons (Fsp3) is 0.389. The maximum absolute atomic E-state index is 13.9. The molecule has 0 atom stereocenters. The number of carbonyl (C=O) groups excluding carboxylic acids is 1. The molecule has 0 bridgehead atoms. The molecule has 0 aliphatic heterocycles. The van der Waals surface area contributed by atoms with E-state index in [-0.39, 0.29) is 24.1 Å². The summed E-state index contributed by atoms with van der Waals surface area (Å²) < 4.78 is 27.7. The zero-order chi connectivity index (χ0) is 15.9. The van der Waals surface area contributed by atoms with Gasteiger partial charge in [-0.2, -0.15) is 0 Å². The van der Waals surface area contributed by atoms with Gasteiger partial charge in [0.25, 0.3) is 0 Å². The monoisotopic (exact) mass is 305 g/mol. The minimum atomic E-state index is -0.603. The fourth-order valence-electron chi connectivity index (χ4n) is 2.80. The van der Waals surface area contributed by atoms with Crippen LogP contribution in [0.1, 0.15) is 38.2 Å². The smallest absolute Gasteiger partial charge is 0.247 e. The van der Waals surface area contributed by atoms with E-state index in [1.165, 1.54) is 24.3 Å². The molecule has 1 aliphatic rings. The Morgan fingerprint density at radius 2 is 1.86 bits per heavy atom. The number of amides is 1. The van der Waals surface area contributed by atoms with E-state index in [1.54, 1.807) is 17.1 Å². The van der Waals surface area contributed by atoms with Crippen molar-refractivity contribution in [2.75, 3.05) is 0 Å². The third-order valence-corrected chi connectivity index (χ3v) is 3.98. The molecule has 0 aromatic heterocycles. The Hall–Kier alpha value is -1.97. The van der Waals surface area contributed by atoms with Crippen molar-refractivity contribution < 1.29 is 13.6 Å². The zero-order valence-corrected chi connectivity index (χ0v) is 12.8. The molecule has 0 unspecified atom stereocenters. The molecule has 1 amide bonds. The van der Waals surface area contributed by atoms with Gasteiger partial charge in [-0.05, 0) is 31.9 Å². The van der Waals surface area contributed by atoms with Crippen molar-refractivity contribution in [3.8, 4) is 0 Å². The summed E-state index contributed by atoms with van der Waals surface area (Å²) in [5, 5.41) is 0. The molecule has 4 heteroatoms. The van der Waals surface area contributed by atoms with E-state index in [1.807, 2.05) is 13.0 Å². The van der Waals surface area contributed by atoms with Crippen LogP contribution in [0.4, 0.5) is 8.78 Å². The summed E-state index contributed by atoms with van der Waals surface area (Å²) >= 11 is 0. The molecule has 0 radical (unpaired) electrons. The second kappa shape index (κ2) is 7.87. The van der Waals surface area contributed by atoms with Gasteiger partial charge in [0.1, 0.15) is 11.6 Å². The van der Waals surface area contributed by atoms with Gasteiger partial charge in [-0.3, -0.25) is 4.79 Å². The number of halogens is 2. The number of carbonyl (C=O) groups is 1. The molecule has 1 saturated carbocycles. The Bertz CT molecular complexity index is 554. The van der Waals surface area contributed by atoms with Crippen molar-refractivity contribution in [3.63, 3.8) is 0 Å². The van der Waals surface area contributed by atoms with Crippen molar-refractivity contribution in [2.45, 2.75) is 45.2 Å². The van der Waals surface area contributed by atoms with Crippen molar-refractivity contribution in [1.29, 1.82) is 0 Å². The Balaban J connectivity index is 2.22. The highest BCUT2D eigenvalue weighted by Crippen LogP contribution is 2.26. The van der Waals surface area contributed by atoms with Crippen LogP contribution >= 0.6 is 0 Å². The predicted molar refractivity (Wildman–Crippen MR) is 83.1 cm³/mol. The lowest BCUT2D eigenvalue weighted by Crippen LogP contribution is -2.37. The molecule has 0 N–H and O–H groups in total. The lowest BCUT2D eigenvalue weighted by Gasteiger charge is -2.28. The van der Waals surface area contributed by atoms with Crippen LogP contribution in [0.3, 0.4) is 0 Å². The molecule has 1 fully saturated rings. The highest BCUT2D eigenvalue weighted by atomic mass is 19.1. The molecular weight excluding hydrogens is 284 g/mol. The molecule has 22 heavy (non-hydrogen) atoms. The summed E-state index contributed by atoms with van der Waals surface area (Å²) in [6.07, 6.45) is 10.6. The summed E-state index contributed by atoms with van der Waals surface area (Å²) in [7, 11) is 0. The summed E-state index contributed by atoms with van der Waals surface area (Å²) in [6, 6.07) is 3.85. The first-order valence-corrected chi connectivity index (χ1v) is 7.66. The van der Waals surface area contributed by atoms with Crippen LogP contribution in [0.25, 0.3) is 0 Å². The SMILES string of the molecule is C/C=C/C=C/C(=O)N(Cc1c(F)cccc1F)C1CCCC1. The van der Waals surface area contributed by atoms with Gasteiger partial charge in [-0.25, -0.2) is 8.78 Å². The van der Waals surface area contributed by atoms with Crippen LogP contribution in [0, 0.1) is 11.6 Å². The number of rotatable bonds is 5. The van der Waals surface area contributed by atoms with E-state index in [0.29, 0.717) is 0 Å². The van der Waals surface area contributed by atoms with Gasteiger partial charge in [0.15, 0.2) is 0 Å². The topological polar surface area (TPSA) is 20.3 Å². The van der Waals surface area contributed by atoms with E-state index in [4.69, 9.17) is 0 Å². The van der Waals surface area contributed by atoms with Crippen LogP contribution in [-0.4, -0.2) is 16.8 Å². The first-order valence-electron chi connectivity index (χ1n) is 7.66. The zero-order valence-electron chi connectivity index (χ0n) is 12.8. The van der Waals surface area contributed by atoms with Gasteiger partial charge in [0.05, 0.1) is 6.54 Å². The number of nitrogens with zero attached hydrogens (tertiary/aromatic N) is 1.